The Hall–Kier alpha value is -1.47. The fourth-order valence-corrected chi connectivity index (χ4v) is 2.14. The Bertz CT molecular complexity index is 372. The Morgan fingerprint density at radius 2 is 2.16 bits per heavy atom. The lowest BCUT2D eigenvalue weighted by Gasteiger charge is -2.32. The van der Waals surface area contributed by atoms with Crippen LogP contribution in [0.2, 0.25) is 0 Å². The summed E-state index contributed by atoms with van der Waals surface area (Å²) >= 11 is 0. The van der Waals surface area contributed by atoms with E-state index in [0.717, 1.165) is 45.6 Å². The smallest absolute Gasteiger partial charge is 0.273 e. The van der Waals surface area contributed by atoms with Crippen molar-refractivity contribution in [2.24, 2.45) is 0 Å². The maximum absolute atomic E-state index is 11.6. The maximum atomic E-state index is 11.6. The van der Waals surface area contributed by atoms with Gasteiger partial charge < -0.3 is 15.1 Å². The molecule has 0 spiro atoms. The zero-order chi connectivity index (χ0) is 13.5. The molecule has 1 amide bonds. The molecule has 0 saturated carbocycles. The van der Waals surface area contributed by atoms with E-state index in [4.69, 9.17) is 0 Å². The number of unbranched alkanes of at least 4 members (excludes halogenated alkanes) is 1. The quantitative estimate of drug-likeness (QED) is 0.683. The van der Waals surface area contributed by atoms with Crippen LogP contribution in [0.25, 0.3) is 0 Å². The Morgan fingerprint density at radius 3 is 2.84 bits per heavy atom. The van der Waals surface area contributed by atoms with Crippen molar-refractivity contribution in [3.8, 4) is 0 Å². The van der Waals surface area contributed by atoms with Gasteiger partial charge in [0.15, 0.2) is 5.69 Å². The largest absolute Gasteiger partial charge is 0.351 e. The molecule has 1 aliphatic rings. The van der Waals surface area contributed by atoms with Crippen LogP contribution >= 0.6 is 0 Å². The molecule has 0 atom stereocenters. The second kappa shape index (κ2) is 7.20. The second-order valence-electron chi connectivity index (χ2n) is 4.96. The molecule has 19 heavy (non-hydrogen) atoms. The van der Waals surface area contributed by atoms with Crippen LogP contribution in [0, 0.1) is 0 Å². The lowest BCUT2D eigenvalue weighted by molar-refractivity contribution is 0.0947. The molecular weight excluding hydrogens is 244 g/mol. The van der Waals surface area contributed by atoms with E-state index in [1.165, 1.54) is 6.20 Å². The summed E-state index contributed by atoms with van der Waals surface area (Å²) in [5, 5.41) is 12.6. The summed E-state index contributed by atoms with van der Waals surface area (Å²) in [5.41, 5.74) is 0.346. The first-order chi connectivity index (χ1) is 9.25. The highest BCUT2D eigenvalue weighted by Crippen LogP contribution is 2.01. The number of hydrogen-bond acceptors (Lipinski definition) is 5. The predicted octanol–water partition coefficient (Wildman–Crippen LogP) is -0.438. The normalized spacial score (nSPS) is 17.5. The second-order valence-corrected chi connectivity index (χ2v) is 4.96. The van der Waals surface area contributed by atoms with Crippen LogP contribution < -0.4 is 5.32 Å². The average molecular weight is 266 g/mol. The summed E-state index contributed by atoms with van der Waals surface area (Å²) in [5.74, 6) is -0.159. The molecule has 106 valence electrons. The van der Waals surface area contributed by atoms with E-state index >= 15 is 0 Å². The summed E-state index contributed by atoms with van der Waals surface area (Å²) < 4.78 is 0. The van der Waals surface area contributed by atoms with Crippen molar-refractivity contribution in [2.75, 3.05) is 46.3 Å². The van der Waals surface area contributed by atoms with E-state index in [-0.39, 0.29) is 5.91 Å². The van der Waals surface area contributed by atoms with Gasteiger partial charge in [0.2, 0.25) is 0 Å². The Balaban J connectivity index is 1.51. The maximum Gasteiger partial charge on any atom is 0.273 e. The SMILES string of the molecule is CN1CCN(CCCCNC(=O)c2cn[nH]n2)CC1. The van der Waals surface area contributed by atoms with Crippen LogP contribution in [0.1, 0.15) is 23.3 Å². The van der Waals surface area contributed by atoms with Crippen molar-refractivity contribution < 1.29 is 4.79 Å². The van der Waals surface area contributed by atoms with Gasteiger partial charge in [0.25, 0.3) is 5.91 Å². The summed E-state index contributed by atoms with van der Waals surface area (Å²) in [6.07, 6.45) is 3.54. The van der Waals surface area contributed by atoms with Crippen LogP contribution in [0.4, 0.5) is 0 Å². The van der Waals surface area contributed by atoms with Gasteiger partial charge in [0, 0.05) is 32.7 Å². The monoisotopic (exact) mass is 266 g/mol. The third-order valence-corrected chi connectivity index (χ3v) is 3.43. The van der Waals surface area contributed by atoms with Gasteiger partial charge >= 0.3 is 0 Å². The van der Waals surface area contributed by atoms with Crippen molar-refractivity contribution in [1.29, 1.82) is 0 Å². The highest BCUT2D eigenvalue weighted by atomic mass is 16.1. The molecule has 0 aromatic carbocycles. The van der Waals surface area contributed by atoms with E-state index in [0.29, 0.717) is 12.2 Å². The number of aromatic amines is 1. The molecule has 1 fully saturated rings. The zero-order valence-electron chi connectivity index (χ0n) is 11.4. The topological polar surface area (TPSA) is 77.1 Å². The molecule has 7 nitrogen and oxygen atoms in total. The van der Waals surface area contributed by atoms with Crippen molar-refractivity contribution in [1.82, 2.24) is 30.5 Å². The van der Waals surface area contributed by atoms with Crippen molar-refractivity contribution in [2.45, 2.75) is 12.8 Å². The van der Waals surface area contributed by atoms with E-state index in [2.05, 4.69) is 37.6 Å². The fourth-order valence-electron chi connectivity index (χ4n) is 2.14. The number of rotatable bonds is 6. The number of likely N-dealkylation sites (N-methyl/N-ethyl adjacent to an activating group) is 1. The minimum atomic E-state index is -0.159. The number of nitrogens with zero attached hydrogens (tertiary/aromatic N) is 4. The first-order valence-corrected chi connectivity index (χ1v) is 6.80. The molecule has 1 aliphatic heterocycles. The number of hydrogen-bond donors (Lipinski definition) is 2. The van der Waals surface area contributed by atoms with Crippen LogP contribution in [-0.4, -0.2) is 77.4 Å². The van der Waals surface area contributed by atoms with Crippen LogP contribution in [0.5, 0.6) is 0 Å². The Morgan fingerprint density at radius 1 is 1.37 bits per heavy atom. The first-order valence-electron chi connectivity index (χ1n) is 6.80. The van der Waals surface area contributed by atoms with Crippen molar-refractivity contribution in [3.05, 3.63) is 11.9 Å². The highest BCUT2D eigenvalue weighted by molar-refractivity contribution is 5.91. The lowest BCUT2D eigenvalue weighted by Crippen LogP contribution is -2.44. The minimum absolute atomic E-state index is 0.159. The molecule has 2 N–H and O–H groups in total. The Kier molecular flexibility index (Phi) is 5.29. The summed E-state index contributed by atoms with van der Waals surface area (Å²) in [4.78, 5) is 16.4. The number of carbonyl (C=O) groups is 1. The fraction of sp³-hybridized carbons (Fsp3) is 0.750. The summed E-state index contributed by atoms with van der Waals surface area (Å²) in [6, 6.07) is 0. The first kappa shape index (κ1) is 14.0. The third kappa shape index (κ3) is 4.60. The molecular formula is C12H22N6O. The number of amides is 1. The molecule has 1 aromatic rings. The van der Waals surface area contributed by atoms with E-state index < -0.39 is 0 Å². The van der Waals surface area contributed by atoms with Crippen LogP contribution in [-0.2, 0) is 0 Å². The van der Waals surface area contributed by atoms with E-state index in [1.54, 1.807) is 0 Å². The number of piperazine rings is 1. The van der Waals surface area contributed by atoms with Crippen molar-refractivity contribution in [3.63, 3.8) is 0 Å². The van der Waals surface area contributed by atoms with Gasteiger partial charge in [0.05, 0.1) is 6.20 Å². The number of H-pyrrole nitrogens is 1. The number of carbonyl (C=O) groups excluding carboxylic acids is 1. The molecule has 2 heterocycles. The predicted molar refractivity (Wildman–Crippen MR) is 71.9 cm³/mol. The Labute approximate surface area is 113 Å². The van der Waals surface area contributed by atoms with E-state index in [9.17, 15) is 4.79 Å². The lowest BCUT2D eigenvalue weighted by atomic mass is 10.2. The molecule has 2 rings (SSSR count). The van der Waals surface area contributed by atoms with Gasteiger partial charge in [-0.1, -0.05) is 0 Å². The molecule has 7 heteroatoms. The van der Waals surface area contributed by atoms with Crippen molar-refractivity contribution >= 4 is 5.91 Å². The van der Waals surface area contributed by atoms with E-state index in [1.807, 2.05) is 0 Å². The minimum Gasteiger partial charge on any atom is -0.351 e. The van der Waals surface area contributed by atoms with Crippen LogP contribution in [0.15, 0.2) is 6.20 Å². The molecule has 0 bridgehead atoms. The molecule has 0 radical (unpaired) electrons. The number of nitrogens with one attached hydrogen (secondary N) is 2. The molecule has 0 unspecified atom stereocenters. The van der Waals surface area contributed by atoms with Crippen LogP contribution in [0.3, 0.4) is 0 Å². The van der Waals surface area contributed by atoms with Gasteiger partial charge in [-0.2, -0.15) is 15.4 Å². The van der Waals surface area contributed by atoms with Gasteiger partial charge in [-0.15, -0.1) is 0 Å². The molecule has 1 aromatic heterocycles. The highest BCUT2D eigenvalue weighted by Gasteiger charge is 2.12. The number of aromatic nitrogens is 3. The van der Waals surface area contributed by atoms with Gasteiger partial charge in [0.1, 0.15) is 0 Å². The average Bonchev–Trinajstić information content (AvgIpc) is 2.94. The summed E-state index contributed by atoms with van der Waals surface area (Å²) in [6.45, 7) is 6.43. The third-order valence-electron chi connectivity index (χ3n) is 3.43. The van der Waals surface area contributed by atoms with Gasteiger partial charge in [-0.25, -0.2) is 0 Å². The molecule has 1 saturated heterocycles. The zero-order valence-corrected chi connectivity index (χ0v) is 11.4. The molecule has 0 aliphatic carbocycles. The van der Waals surface area contributed by atoms with Gasteiger partial charge in [-0.3, -0.25) is 4.79 Å². The van der Waals surface area contributed by atoms with Gasteiger partial charge in [-0.05, 0) is 26.4 Å². The standard InChI is InChI=1S/C12H22N6O/c1-17-6-8-18(9-7-17)5-3-2-4-13-12(19)11-10-14-16-15-11/h10H,2-9H2,1H3,(H,13,19)(H,14,15,16). The summed E-state index contributed by atoms with van der Waals surface area (Å²) in [7, 11) is 2.16.